The van der Waals surface area contributed by atoms with Crippen molar-refractivity contribution >= 4 is 34.5 Å². The highest BCUT2D eigenvalue weighted by molar-refractivity contribution is 6.37. The Hall–Kier alpha value is -3.94. The van der Waals surface area contributed by atoms with E-state index in [4.69, 9.17) is 15.6 Å². The smallest absolute Gasteiger partial charge is 0.338 e. The maximum atomic E-state index is 13.1. The summed E-state index contributed by atoms with van der Waals surface area (Å²) in [6.07, 6.45) is 0.483. The van der Waals surface area contributed by atoms with Crippen molar-refractivity contribution in [1.82, 2.24) is 0 Å². The minimum Gasteiger partial charge on any atom is -0.462 e. The molecule has 0 radical (unpaired) electrons. The summed E-state index contributed by atoms with van der Waals surface area (Å²) in [4.78, 5) is 25.2. The van der Waals surface area contributed by atoms with Gasteiger partial charge in [0, 0.05) is 23.9 Å². The molecule has 1 aliphatic heterocycles. The molecular weight excluding hydrogens is 430 g/mol. The van der Waals surface area contributed by atoms with Crippen molar-refractivity contribution in [2.24, 2.45) is 5.73 Å². The number of aliphatic hydroxyl groups excluding tert-OH is 1. The van der Waals surface area contributed by atoms with E-state index in [0.29, 0.717) is 34.5 Å². The molecule has 5 N–H and O–H groups in total. The van der Waals surface area contributed by atoms with Crippen LogP contribution in [0.1, 0.15) is 46.4 Å². The number of rotatable bonds is 8. The first-order valence-corrected chi connectivity index (χ1v) is 11.2. The number of nitrogens with one attached hydrogen (secondary N) is 2. The highest BCUT2D eigenvalue weighted by Gasteiger charge is 2.29. The number of esters is 1. The number of hydrogen-bond acceptors (Lipinski definition) is 6. The lowest BCUT2D eigenvalue weighted by Crippen LogP contribution is -2.12. The highest BCUT2D eigenvalue weighted by atomic mass is 16.5. The average Bonchev–Trinajstić information content (AvgIpc) is 3.18. The first-order chi connectivity index (χ1) is 16.5. The van der Waals surface area contributed by atoms with Gasteiger partial charge in [0.25, 0.3) is 5.91 Å². The number of nitrogens with two attached hydrogens (primary N) is 1. The lowest BCUT2D eigenvalue weighted by atomic mass is 9.98. The Bertz CT molecular complexity index is 1220. The molecule has 7 nitrogen and oxygen atoms in total. The summed E-state index contributed by atoms with van der Waals surface area (Å²) < 4.78 is 5.08. The molecule has 7 heteroatoms. The van der Waals surface area contributed by atoms with Gasteiger partial charge in [-0.1, -0.05) is 48.5 Å². The molecule has 0 aliphatic carbocycles. The van der Waals surface area contributed by atoms with Crippen molar-refractivity contribution < 1.29 is 19.4 Å². The molecule has 0 bridgehead atoms. The van der Waals surface area contributed by atoms with Gasteiger partial charge in [-0.25, -0.2) is 4.79 Å². The second-order valence-corrected chi connectivity index (χ2v) is 7.92. The number of amides is 1. The average molecular weight is 458 g/mol. The summed E-state index contributed by atoms with van der Waals surface area (Å²) in [5.41, 5.74) is 11.4. The van der Waals surface area contributed by atoms with Crippen LogP contribution in [0.4, 0.5) is 11.4 Å². The van der Waals surface area contributed by atoms with Gasteiger partial charge in [0.05, 0.1) is 29.1 Å². The number of carbonyl (C=O) groups excluding carboxylic acids is 2. The molecule has 0 fully saturated rings. The van der Waals surface area contributed by atoms with Crippen molar-refractivity contribution in [1.29, 1.82) is 0 Å². The maximum absolute atomic E-state index is 13.1. The van der Waals surface area contributed by atoms with Gasteiger partial charge in [0.15, 0.2) is 0 Å². The van der Waals surface area contributed by atoms with Crippen LogP contribution < -0.4 is 16.4 Å². The van der Waals surface area contributed by atoms with Crippen molar-refractivity contribution in [2.45, 2.75) is 19.4 Å². The summed E-state index contributed by atoms with van der Waals surface area (Å²) in [5, 5.41) is 15.4. The molecule has 1 heterocycles. The van der Waals surface area contributed by atoms with Gasteiger partial charge >= 0.3 is 5.97 Å². The van der Waals surface area contributed by atoms with E-state index in [1.807, 2.05) is 54.6 Å². The number of anilines is 2. The molecule has 3 aromatic carbocycles. The number of benzene rings is 3. The number of carbonyl (C=O) groups is 2. The van der Waals surface area contributed by atoms with Gasteiger partial charge in [-0.3, -0.25) is 4.79 Å². The van der Waals surface area contributed by atoms with Crippen LogP contribution in [0.3, 0.4) is 0 Å². The van der Waals surface area contributed by atoms with E-state index in [1.165, 1.54) is 0 Å². The largest absolute Gasteiger partial charge is 0.462 e. The lowest BCUT2D eigenvalue weighted by Gasteiger charge is -2.16. The van der Waals surface area contributed by atoms with Gasteiger partial charge in [0.2, 0.25) is 0 Å². The minimum atomic E-state index is -0.433. The number of hydrogen-bond donors (Lipinski definition) is 4. The van der Waals surface area contributed by atoms with Crippen LogP contribution in [-0.2, 0) is 9.53 Å². The summed E-state index contributed by atoms with van der Waals surface area (Å²) >= 11 is 0. The van der Waals surface area contributed by atoms with Gasteiger partial charge in [-0.15, -0.1) is 0 Å². The molecule has 0 aromatic heterocycles. The minimum absolute atomic E-state index is 0.0256. The molecule has 1 amide bonds. The molecule has 34 heavy (non-hydrogen) atoms. The molecule has 0 saturated carbocycles. The maximum Gasteiger partial charge on any atom is 0.338 e. The first kappa shape index (κ1) is 23.2. The van der Waals surface area contributed by atoms with Crippen LogP contribution in [0.25, 0.3) is 11.3 Å². The Labute approximate surface area is 198 Å². The molecule has 1 unspecified atom stereocenters. The van der Waals surface area contributed by atoms with Crippen LogP contribution in [-0.4, -0.2) is 30.2 Å². The zero-order valence-corrected chi connectivity index (χ0v) is 18.9. The molecular formula is C27H27N3O4. The molecule has 3 aromatic rings. The van der Waals surface area contributed by atoms with Crippen LogP contribution in [0.5, 0.6) is 0 Å². The second-order valence-electron chi connectivity index (χ2n) is 7.92. The van der Waals surface area contributed by atoms with Crippen molar-refractivity contribution in [3.05, 3.63) is 95.1 Å². The highest BCUT2D eigenvalue weighted by Crippen LogP contribution is 2.38. The Morgan fingerprint density at radius 3 is 2.47 bits per heavy atom. The topological polar surface area (TPSA) is 114 Å². The van der Waals surface area contributed by atoms with Crippen molar-refractivity contribution in [3.8, 4) is 0 Å². The van der Waals surface area contributed by atoms with Crippen molar-refractivity contribution in [2.75, 3.05) is 23.8 Å². The molecule has 0 saturated heterocycles. The van der Waals surface area contributed by atoms with E-state index in [2.05, 4.69) is 10.6 Å². The third kappa shape index (κ3) is 4.85. The van der Waals surface area contributed by atoms with Crippen molar-refractivity contribution in [3.63, 3.8) is 0 Å². The van der Waals surface area contributed by atoms with E-state index in [-0.39, 0.29) is 25.2 Å². The van der Waals surface area contributed by atoms with E-state index in [1.54, 1.807) is 25.1 Å². The SMILES string of the molecule is CCOC(=O)c1ccc2c(c1)NC(=O)C2=C(Nc1ccc(C(N)CCO)cc1)c1ccccc1. The van der Waals surface area contributed by atoms with E-state index < -0.39 is 5.97 Å². The number of ether oxygens (including phenoxy) is 1. The zero-order chi connectivity index (χ0) is 24.1. The standard InChI is InChI=1S/C27H27N3O4/c1-2-34-27(33)19-10-13-21-23(16-19)30-26(32)24(21)25(18-6-4-3-5-7-18)29-20-11-8-17(9-12-20)22(28)14-15-31/h3-13,16,22,29,31H,2,14-15,28H2,1H3,(H,30,32). The summed E-state index contributed by atoms with van der Waals surface area (Å²) in [5.74, 6) is -0.693. The number of aliphatic hydroxyl groups is 1. The molecule has 0 spiro atoms. The van der Waals surface area contributed by atoms with E-state index >= 15 is 0 Å². The normalized spacial score (nSPS) is 14.7. The second kappa shape index (κ2) is 10.3. The molecule has 174 valence electrons. The van der Waals surface area contributed by atoms with Gasteiger partial charge in [0.1, 0.15) is 0 Å². The molecule has 1 aliphatic rings. The fourth-order valence-corrected chi connectivity index (χ4v) is 3.91. The Kier molecular flexibility index (Phi) is 7.06. The van der Waals surface area contributed by atoms with E-state index in [0.717, 1.165) is 16.8 Å². The third-order valence-corrected chi connectivity index (χ3v) is 5.64. The monoisotopic (exact) mass is 457 g/mol. The number of fused-ring (bicyclic) bond motifs is 1. The van der Waals surface area contributed by atoms with Crippen LogP contribution in [0.2, 0.25) is 0 Å². The fourth-order valence-electron chi connectivity index (χ4n) is 3.91. The third-order valence-electron chi connectivity index (χ3n) is 5.64. The predicted molar refractivity (Wildman–Crippen MR) is 133 cm³/mol. The quantitative estimate of drug-likeness (QED) is 0.298. The van der Waals surface area contributed by atoms with Gasteiger partial charge in [-0.05, 0) is 48.7 Å². The van der Waals surface area contributed by atoms with Crippen LogP contribution >= 0.6 is 0 Å². The first-order valence-electron chi connectivity index (χ1n) is 11.2. The van der Waals surface area contributed by atoms with E-state index in [9.17, 15) is 9.59 Å². The Morgan fingerprint density at radius 1 is 1.06 bits per heavy atom. The Balaban J connectivity index is 1.75. The summed E-state index contributed by atoms with van der Waals surface area (Å²) in [7, 11) is 0. The summed E-state index contributed by atoms with van der Waals surface area (Å²) in [6, 6.07) is 22.0. The Morgan fingerprint density at radius 2 is 1.79 bits per heavy atom. The van der Waals surface area contributed by atoms with Crippen LogP contribution in [0, 0.1) is 0 Å². The van der Waals surface area contributed by atoms with Gasteiger partial charge in [-0.2, -0.15) is 0 Å². The predicted octanol–water partition coefficient (Wildman–Crippen LogP) is 4.18. The van der Waals surface area contributed by atoms with Crippen LogP contribution in [0.15, 0.2) is 72.8 Å². The lowest BCUT2D eigenvalue weighted by molar-refractivity contribution is -0.110. The molecule has 1 atom stereocenters. The zero-order valence-electron chi connectivity index (χ0n) is 18.9. The fraction of sp³-hybridized carbons (Fsp3) is 0.185. The molecule has 4 rings (SSSR count). The van der Waals surface area contributed by atoms with Gasteiger partial charge < -0.3 is 26.2 Å². The summed E-state index contributed by atoms with van der Waals surface area (Å²) in [6.45, 7) is 2.05.